The molecule has 2 amide bonds. The second-order valence-electron chi connectivity index (χ2n) is 7.92. The second-order valence-corrected chi connectivity index (χ2v) is 9.92. The SMILES string of the molecule is CC(C)N(C)S(=O)(=O)c1ccc(NC(=O)N2CCN(CCCOCC(F)(F)F)CC2)cc1. The van der Waals surface area contributed by atoms with Gasteiger partial charge in [0.2, 0.25) is 10.0 Å². The number of alkyl halides is 3. The van der Waals surface area contributed by atoms with Crippen LogP contribution in [0.2, 0.25) is 0 Å². The van der Waals surface area contributed by atoms with E-state index < -0.39 is 22.8 Å². The number of ether oxygens (including phenoxy) is 1. The predicted octanol–water partition coefficient (Wildman–Crippen LogP) is 2.83. The molecule has 0 atom stereocenters. The van der Waals surface area contributed by atoms with Gasteiger partial charge in [0.25, 0.3) is 0 Å². The van der Waals surface area contributed by atoms with Crippen molar-refractivity contribution in [1.29, 1.82) is 0 Å². The van der Waals surface area contributed by atoms with Gasteiger partial charge in [0, 0.05) is 58.1 Å². The number of anilines is 1. The highest BCUT2D eigenvalue weighted by Gasteiger charge is 2.27. The standard InChI is InChI=1S/C20H31F3N4O4S/c1-16(2)25(3)32(29,30)18-7-5-17(6-8-18)24-19(28)27-12-10-26(11-13-27)9-4-14-31-15-20(21,22)23/h5-8,16H,4,9-15H2,1-3H3,(H,24,28). The molecule has 0 bridgehead atoms. The maximum absolute atomic E-state index is 12.5. The molecule has 1 N–H and O–H groups in total. The Kier molecular flexibility index (Phi) is 9.31. The van der Waals surface area contributed by atoms with Crippen molar-refractivity contribution in [2.45, 2.75) is 37.4 Å². The normalized spacial score (nSPS) is 16.1. The minimum absolute atomic E-state index is 0.0406. The highest BCUT2D eigenvalue weighted by Crippen LogP contribution is 2.19. The molecule has 1 aromatic rings. The fourth-order valence-electron chi connectivity index (χ4n) is 3.11. The summed E-state index contributed by atoms with van der Waals surface area (Å²) in [5, 5.41) is 2.76. The average Bonchev–Trinajstić information content (AvgIpc) is 2.72. The van der Waals surface area contributed by atoms with Gasteiger partial charge < -0.3 is 15.0 Å². The van der Waals surface area contributed by atoms with Crippen LogP contribution in [0.25, 0.3) is 0 Å². The van der Waals surface area contributed by atoms with E-state index in [4.69, 9.17) is 0 Å². The summed E-state index contributed by atoms with van der Waals surface area (Å²) in [7, 11) is -2.07. The van der Waals surface area contributed by atoms with Crippen LogP contribution in [0.5, 0.6) is 0 Å². The Morgan fingerprint density at radius 1 is 1.16 bits per heavy atom. The zero-order chi connectivity index (χ0) is 23.9. The van der Waals surface area contributed by atoms with Crippen molar-refractivity contribution in [2.75, 3.05) is 58.3 Å². The monoisotopic (exact) mass is 480 g/mol. The van der Waals surface area contributed by atoms with E-state index in [1.165, 1.54) is 23.5 Å². The predicted molar refractivity (Wildman–Crippen MR) is 115 cm³/mol. The number of nitrogens with one attached hydrogen (secondary N) is 1. The lowest BCUT2D eigenvalue weighted by Crippen LogP contribution is -2.50. The quantitative estimate of drug-likeness (QED) is 0.550. The van der Waals surface area contributed by atoms with E-state index in [-0.39, 0.29) is 23.6 Å². The number of rotatable bonds is 9. The van der Waals surface area contributed by atoms with Gasteiger partial charge in [-0.15, -0.1) is 0 Å². The molecule has 182 valence electrons. The van der Waals surface area contributed by atoms with Crippen molar-refractivity contribution in [2.24, 2.45) is 0 Å². The third-order valence-electron chi connectivity index (χ3n) is 5.20. The van der Waals surface area contributed by atoms with E-state index in [2.05, 4.69) is 15.0 Å². The molecule has 0 saturated carbocycles. The van der Waals surface area contributed by atoms with Gasteiger partial charge in [-0.2, -0.15) is 17.5 Å². The first-order chi connectivity index (χ1) is 14.9. The van der Waals surface area contributed by atoms with Crippen LogP contribution in [0.4, 0.5) is 23.7 Å². The molecule has 1 fully saturated rings. The van der Waals surface area contributed by atoms with Crippen LogP contribution < -0.4 is 5.32 Å². The zero-order valence-electron chi connectivity index (χ0n) is 18.6. The van der Waals surface area contributed by atoms with Gasteiger partial charge in [-0.05, 0) is 44.5 Å². The van der Waals surface area contributed by atoms with Gasteiger partial charge in [-0.1, -0.05) is 0 Å². The first kappa shape index (κ1) is 26.4. The molecule has 1 saturated heterocycles. The largest absolute Gasteiger partial charge is 0.411 e. The topological polar surface area (TPSA) is 82.2 Å². The molecule has 0 radical (unpaired) electrons. The maximum Gasteiger partial charge on any atom is 0.411 e. The van der Waals surface area contributed by atoms with Crippen LogP contribution in [0.15, 0.2) is 29.2 Å². The summed E-state index contributed by atoms with van der Waals surface area (Å²) < 4.78 is 67.0. The molecular weight excluding hydrogens is 449 g/mol. The van der Waals surface area contributed by atoms with Crippen molar-refractivity contribution >= 4 is 21.7 Å². The van der Waals surface area contributed by atoms with E-state index in [0.717, 1.165) is 0 Å². The lowest BCUT2D eigenvalue weighted by atomic mass is 10.3. The third kappa shape index (κ3) is 7.91. The molecule has 32 heavy (non-hydrogen) atoms. The number of nitrogens with zero attached hydrogens (tertiary/aromatic N) is 3. The average molecular weight is 481 g/mol. The number of amides is 2. The van der Waals surface area contributed by atoms with Crippen molar-refractivity contribution in [3.63, 3.8) is 0 Å². The molecule has 0 unspecified atom stereocenters. The van der Waals surface area contributed by atoms with Gasteiger partial charge in [0.1, 0.15) is 6.61 Å². The van der Waals surface area contributed by atoms with E-state index in [9.17, 15) is 26.4 Å². The Morgan fingerprint density at radius 3 is 2.28 bits per heavy atom. The van der Waals surface area contributed by atoms with Crippen LogP contribution >= 0.6 is 0 Å². The van der Waals surface area contributed by atoms with Crippen LogP contribution in [-0.2, 0) is 14.8 Å². The first-order valence-electron chi connectivity index (χ1n) is 10.4. The Hall–Kier alpha value is -1.89. The van der Waals surface area contributed by atoms with Crippen molar-refractivity contribution in [3.8, 4) is 0 Å². The molecule has 0 aromatic heterocycles. The Balaban J connectivity index is 1.76. The van der Waals surface area contributed by atoms with Crippen molar-refractivity contribution in [1.82, 2.24) is 14.1 Å². The lowest BCUT2D eigenvalue weighted by molar-refractivity contribution is -0.174. The van der Waals surface area contributed by atoms with Crippen LogP contribution in [0.3, 0.4) is 0 Å². The van der Waals surface area contributed by atoms with Gasteiger partial charge in [-0.25, -0.2) is 13.2 Å². The Bertz CT molecular complexity index is 839. The van der Waals surface area contributed by atoms with E-state index in [0.29, 0.717) is 44.8 Å². The van der Waals surface area contributed by atoms with E-state index in [1.54, 1.807) is 30.9 Å². The fourth-order valence-corrected chi connectivity index (χ4v) is 4.48. The third-order valence-corrected chi connectivity index (χ3v) is 7.25. The molecule has 1 aromatic carbocycles. The summed E-state index contributed by atoms with van der Waals surface area (Å²) in [4.78, 5) is 16.4. The molecular formula is C20H31F3N4O4S. The zero-order valence-corrected chi connectivity index (χ0v) is 19.4. The van der Waals surface area contributed by atoms with Crippen LogP contribution in [0, 0.1) is 0 Å². The lowest BCUT2D eigenvalue weighted by Gasteiger charge is -2.34. The van der Waals surface area contributed by atoms with Crippen molar-refractivity contribution in [3.05, 3.63) is 24.3 Å². The number of halogens is 3. The highest BCUT2D eigenvalue weighted by atomic mass is 32.2. The smallest absolute Gasteiger partial charge is 0.372 e. The Labute approximate surface area is 187 Å². The number of hydrogen-bond acceptors (Lipinski definition) is 5. The van der Waals surface area contributed by atoms with E-state index >= 15 is 0 Å². The fraction of sp³-hybridized carbons (Fsp3) is 0.650. The minimum atomic E-state index is -4.31. The maximum atomic E-state index is 12.5. The summed E-state index contributed by atoms with van der Waals surface area (Å²) in [6.45, 7) is 5.19. The van der Waals surface area contributed by atoms with Gasteiger partial charge in [0.05, 0.1) is 4.90 Å². The van der Waals surface area contributed by atoms with Crippen LogP contribution in [0.1, 0.15) is 20.3 Å². The summed E-state index contributed by atoms with van der Waals surface area (Å²) in [6, 6.07) is 5.57. The molecule has 1 aliphatic heterocycles. The highest BCUT2D eigenvalue weighted by molar-refractivity contribution is 7.89. The van der Waals surface area contributed by atoms with Gasteiger partial charge >= 0.3 is 12.2 Å². The van der Waals surface area contributed by atoms with Gasteiger partial charge in [0.15, 0.2) is 0 Å². The summed E-state index contributed by atoms with van der Waals surface area (Å²) in [5.74, 6) is 0. The number of carbonyl (C=O) groups is 1. The van der Waals surface area contributed by atoms with E-state index in [1.807, 2.05) is 0 Å². The molecule has 1 heterocycles. The summed E-state index contributed by atoms with van der Waals surface area (Å²) >= 11 is 0. The number of sulfonamides is 1. The molecule has 0 spiro atoms. The molecule has 0 aliphatic carbocycles. The number of urea groups is 1. The van der Waals surface area contributed by atoms with Crippen LogP contribution in [-0.4, -0.2) is 93.8 Å². The molecule has 2 rings (SSSR count). The summed E-state index contributed by atoms with van der Waals surface area (Å²) in [6.07, 6.45) is -3.82. The number of benzene rings is 1. The minimum Gasteiger partial charge on any atom is -0.372 e. The molecule has 12 heteroatoms. The number of carbonyl (C=O) groups excluding carboxylic acids is 1. The Morgan fingerprint density at radius 2 is 1.75 bits per heavy atom. The number of hydrogen-bond donors (Lipinski definition) is 1. The van der Waals surface area contributed by atoms with Gasteiger partial charge in [-0.3, -0.25) is 4.90 Å². The first-order valence-corrected chi connectivity index (χ1v) is 11.8. The number of piperazine rings is 1. The van der Waals surface area contributed by atoms with Crippen molar-refractivity contribution < 1.29 is 31.1 Å². The molecule has 8 nitrogen and oxygen atoms in total. The summed E-state index contributed by atoms with van der Waals surface area (Å²) in [5.41, 5.74) is 0.491. The second kappa shape index (κ2) is 11.3. The molecule has 1 aliphatic rings.